The molecule has 0 unspecified atom stereocenters. The second-order valence-electron chi connectivity index (χ2n) is 6.70. The first-order valence-electron chi connectivity index (χ1n) is 8.76. The molecule has 7 nitrogen and oxygen atoms in total. The van der Waals surface area contributed by atoms with Crippen LogP contribution in [0.15, 0.2) is 24.3 Å². The van der Waals surface area contributed by atoms with Crippen LogP contribution in [0.4, 0.5) is 5.69 Å². The van der Waals surface area contributed by atoms with Crippen molar-refractivity contribution in [3.63, 3.8) is 0 Å². The number of non-ortho nitro benzene ring substituents is 1. The topological polar surface area (TPSA) is 89.8 Å². The van der Waals surface area contributed by atoms with Gasteiger partial charge in [0.1, 0.15) is 12.6 Å². The quantitative estimate of drug-likeness (QED) is 0.464. The van der Waals surface area contributed by atoms with Gasteiger partial charge in [0.25, 0.3) is 5.69 Å². The minimum absolute atomic E-state index is 0.000736. The number of carbonyl (C=O) groups excluding carboxylic acids is 2. The number of likely N-dealkylation sites (tertiary alicyclic amines) is 1. The van der Waals surface area contributed by atoms with Crippen LogP contribution in [0.3, 0.4) is 0 Å². The number of nitro groups is 1. The number of ether oxygens (including phenoxy) is 1. The van der Waals surface area contributed by atoms with Gasteiger partial charge in [0.05, 0.1) is 4.92 Å². The lowest BCUT2D eigenvalue weighted by atomic mass is 10.1. The summed E-state index contributed by atoms with van der Waals surface area (Å²) in [6.07, 6.45) is 5.45. The van der Waals surface area contributed by atoms with Crippen molar-refractivity contribution in [2.75, 3.05) is 6.54 Å². The zero-order valence-electron chi connectivity index (χ0n) is 14.1. The van der Waals surface area contributed by atoms with Gasteiger partial charge in [-0.05, 0) is 43.4 Å². The minimum atomic E-state index is -0.494. The standard InChI is InChI=1S/C18H22N2O5/c21-17(14-4-1-2-5-14)19-11-3-6-16(19)18(22)25-12-13-7-9-15(10-8-13)20(23)24/h7-10,14,16H,1-6,11-12H2/t16-/m1/s1. The zero-order chi connectivity index (χ0) is 17.8. The van der Waals surface area contributed by atoms with E-state index in [1.807, 2.05) is 0 Å². The Morgan fingerprint density at radius 2 is 1.80 bits per heavy atom. The fraction of sp³-hybridized carbons (Fsp3) is 0.556. The lowest BCUT2D eigenvalue weighted by Crippen LogP contribution is -2.43. The van der Waals surface area contributed by atoms with Crippen LogP contribution in [0.1, 0.15) is 44.1 Å². The number of rotatable bonds is 5. The molecule has 1 saturated heterocycles. The number of amides is 1. The SMILES string of the molecule is O=C(OCc1ccc([N+](=O)[O-])cc1)[C@H]1CCCN1C(=O)C1CCCC1. The molecule has 1 aromatic rings. The third-order valence-corrected chi connectivity index (χ3v) is 5.04. The summed E-state index contributed by atoms with van der Waals surface area (Å²) < 4.78 is 5.35. The highest BCUT2D eigenvalue weighted by atomic mass is 16.6. The summed E-state index contributed by atoms with van der Waals surface area (Å²) in [5.41, 5.74) is 0.685. The third kappa shape index (κ3) is 3.97. The Morgan fingerprint density at radius 3 is 2.44 bits per heavy atom. The number of hydrogen-bond acceptors (Lipinski definition) is 5. The molecule has 1 heterocycles. The molecule has 1 saturated carbocycles. The molecule has 0 N–H and O–H groups in total. The van der Waals surface area contributed by atoms with Crippen LogP contribution >= 0.6 is 0 Å². The molecule has 1 aliphatic heterocycles. The number of nitro benzene ring substituents is 1. The van der Waals surface area contributed by atoms with Crippen molar-refractivity contribution in [3.05, 3.63) is 39.9 Å². The average molecular weight is 346 g/mol. The predicted molar refractivity (Wildman–Crippen MR) is 89.6 cm³/mol. The summed E-state index contributed by atoms with van der Waals surface area (Å²) in [7, 11) is 0. The molecule has 2 fully saturated rings. The van der Waals surface area contributed by atoms with Gasteiger partial charge in [-0.1, -0.05) is 12.8 Å². The molecule has 0 spiro atoms. The molecule has 1 atom stereocenters. The van der Waals surface area contributed by atoms with E-state index in [0.29, 0.717) is 18.5 Å². The van der Waals surface area contributed by atoms with Crippen molar-refractivity contribution >= 4 is 17.6 Å². The van der Waals surface area contributed by atoms with Crippen LogP contribution in [0, 0.1) is 16.0 Å². The van der Waals surface area contributed by atoms with E-state index in [4.69, 9.17) is 4.74 Å². The van der Waals surface area contributed by atoms with Gasteiger partial charge in [-0.25, -0.2) is 4.79 Å². The highest BCUT2D eigenvalue weighted by Crippen LogP contribution is 2.30. The summed E-state index contributed by atoms with van der Waals surface area (Å²) in [5.74, 6) is -0.238. The van der Waals surface area contributed by atoms with Crippen LogP contribution in [0.2, 0.25) is 0 Å². The number of benzene rings is 1. The molecule has 7 heteroatoms. The Balaban J connectivity index is 1.56. The molecule has 1 aromatic carbocycles. The van der Waals surface area contributed by atoms with Gasteiger partial charge >= 0.3 is 5.97 Å². The molecule has 0 bridgehead atoms. The summed E-state index contributed by atoms with van der Waals surface area (Å²) in [6, 6.07) is 5.41. The van der Waals surface area contributed by atoms with E-state index < -0.39 is 11.0 Å². The number of nitrogens with zero attached hydrogens (tertiary/aromatic N) is 2. The molecular weight excluding hydrogens is 324 g/mol. The summed E-state index contributed by atoms with van der Waals surface area (Å²) in [4.78, 5) is 36.9. The van der Waals surface area contributed by atoms with E-state index in [1.165, 1.54) is 12.1 Å². The van der Waals surface area contributed by atoms with Crippen LogP contribution in [-0.4, -0.2) is 34.3 Å². The summed E-state index contributed by atoms with van der Waals surface area (Å²) in [5, 5.41) is 10.6. The molecular formula is C18H22N2O5. The molecule has 1 aliphatic carbocycles. The minimum Gasteiger partial charge on any atom is -0.459 e. The summed E-state index contributed by atoms with van der Waals surface area (Å²) in [6.45, 7) is 0.672. The van der Waals surface area contributed by atoms with E-state index in [0.717, 1.165) is 32.1 Å². The van der Waals surface area contributed by atoms with E-state index in [1.54, 1.807) is 17.0 Å². The first-order valence-corrected chi connectivity index (χ1v) is 8.76. The first-order chi connectivity index (χ1) is 12.1. The smallest absolute Gasteiger partial charge is 0.329 e. The lowest BCUT2D eigenvalue weighted by Gasteiger charge is -2.26. The van der Waals surface area contributed by atoms with E-state index >= 15 is 0 Å². The van der Waals surface area contributed by atoms with Crippen LogP contribution in [-0.2, 0) is 20.9 Å². The first kappa shape index (κ1) is 17.4. The number of hydrogen-bond donors (Lipinski definition) is 0. The third-order valence-electron chi connectivity index (χ3n) is 5.04. The van der Waals surface area contributed by atoms with Gasteiger partial charge in [-0.15, -0.1) is 0 Å². The molecule has 0 aromatic heterocycles. The van der Waals surface area contributed by atoms with Gasteiger partial charge in [-0.3, -0.25) is 14.9 Å². The van der Waals surface area contributed by atoms with Crippen molar-refractivity contribution in [2.45, 2.75) is 51.2 Å². The van der Waals surface area contributed by atoms with Gasteiger partial charge in [-0.2, -0.15) is 0 Å². The normalized spacial score (nSPS) is 20.6. The monoisotopic (exact) mass is 346 g/mol. The van der Waals surface area contributed by atoms with Gasteiger partial charge in [0, 0.05) is 24.6 Å². The largest absolute Gasteiger partial charge is 0.459 e. The van der Waals surface area contributed by atoms with Crippen molar-refractivity contribution in [2.24, 2.45) is 5.92 Å². The number of esters is 1. The van der Waals surface area contributed by atoms with Crippen molar-refractivity contribution < 1.29 is 19.2 Å². The zero-order valence-corrected chi connectivity index (χ0v) is 14.1. The van der Waals surface area contributed by atoms with Crippen molar-refractivity contribution in [3.8, 4) is 0 Å². The maximum Gasteiger partial charge on any atom is 0.329 e. The Kier molecular flexibility index (Phi) is 5.31. The highest BCUT2D eigenvalue weighted by molar-refractivity contribution is 5.86. The van der Waals surface area contributed by atoms with Crippen LogP contribution in [0.25, 0.3) is 0 Å². The Bertz CT molecular complexity index is 652. The second kappa shape index (κ2) is 7.63. The van der Waals surface area contributed by atoms with Gasteiger partial charge in [0.2, 0.25) is 5.91 Å². The highest BCUT2D eigenvalue weighted by Gasteiger charge is 2.38. The second-order valence-corrected chi connectivity index (χ2v) is 6.70. The van der Waals surface area contributed by atoms with Crippen LogP contribution in [0.5, 0.6) is 0 Å². The van der Waals surface area contributed by atoms with Crippen molar-refractivity contribution in [1.29, 1.82) is 0 Å². The van der Waals surface area contributed by atoms with E-state index in [2.05, 4.69) is 0 Å². The van der Waals surface area contributed by atoms with Gasteiger partial charge in [0.15, 0.2) is 0 Å². The Hall–Kier alpha value is -2.44. The molecule has 134 valence electrons. The molecule has 25 heavy (non-hydrogen) atoms. The maximum absolute atomic E-state index is 12.6. The number of carbonyl (C=O) groups is 2. The van der Waals surface area contributed by atoms with Gasteiger partial charge < -0.3 is 9.64 Å². The molecule has 2 aliphatic rings. The predicted octanol–water partition coefficient (Wildman–Crippen LogP) is 2.82. The molecule has 1 amide bonds. The Labute approximate surface area is 146 Å². The molecule has 0 radical (unpaired) electrons. The van der Waals surface area contributed by atoms with Crippen LogP contribution < -0.4 is 0 Å². The molecule has 3 rings (SSSR count). The summed E-state index contributed by atoms with van der Waals surface area (Å²) >= 11 is 0. The maximum atomic E-state index is 12.6. The van der Waals surface area contributed by atoms with E-state index in [9.17, 15) is 19.7 Å². The Morgan fingerprint density at radius 1 is 1.12 bits per heavy atom. The van der Waals surface area contributed by atoms with E-state index in [-0.39, 0.29) is 30.1 Å². The van der Waals surface area contributed by atoms with Crippen molar-refractivity contribution in [1.82, 2.24) is 4.90 Å². The average Bonchev–Trinajstić information content (AvgIpc) is 3.30. The fourth-order valence-corrected chi connectivity index (χ4v) is 3.65. The fourth-order valence-electron chi connectivity index (χ4n) is 3.65. The lowest BCUT2D eigenvalue weighted by molar-refractivity contribution is -0.384.